The number of nitrogens with one attached hydrogen (secondary N) is 1. The molecule has 122 valence electrons. The third-order valence-corrected chi connectivity index (χ3v) is 4.26. The van der Waals surface area contributed by atoms with Crippen molar-refractivity contribution in [2.75, 3.05) is 6.54 Å². The van der Waals surface area contributed by atoms with E-state index in [-0.39, 0.29) is 11.7 Å². The van der Waals surface area contributed by atoms with E-state index in [0.29, 0.717) is 22.2 Å². The molecule has 0 bridgehead atoms. The monoisotopic (exact) mass is 355 g/mol. The van der Waals surface area contributed by atoms with Crippen molar-refractivity contribution in [3.05, 3.63) is 57.0 Å². The number of thiophene rings is 1. The van der Waals surface area contributed by atoms with Gasteiger partial charge in [0.25, 0.3) is 5.91 Å². The van der Waals surface area contributed by atoms with Crippen molar-refractivity contribution in [2.24, 2.45) is 0 Å². The van der Waals surface area contributed by atoms with Crippen molar-refractivity contribution < 1.29 is 18.7 Å². The summed E-state index contributed by atoms with van der Waals surface area (Å²) in [6.45, 7) is 1.87. The van der Waals surface area contributed by atoms with Crippen LogP contribution in [0.2, 0.25) is 4.34 Å². The van der Waals surface area contributed by atoms with E-state index in [1.165, 1.54) is 19.1 Å². The summed E-state index contributed by atoms with van der Waals surface area (Å²) in [6.07, 6.45) is -0.343. The number of ether oxygens (including phenoxy) is 1. The van der Waals surface area contributed by atoms with Gasteiger partial charge in [0.15, 0.2) is 6.10 Å². The van der Waals surface area contributed by atoms with Gasteiger partial charge in [0.1, 0.15) is 10.7 Å². The van der Waals surface area contributed by atoms with Gasteiger partial charge in [-0.2, -0.15) is 0 Å². The zero-order valence-corrected chi connectivity index (χ0v) is 13.9. The fourth-order valence-corrected chi connectivity index (χ4v) is 2.75. The number of carbonyl (C=O) groups excluding carboxylic acids is 2. The Morgan fingerprint density at radius 1 is 1.26 bits per heavy atom. The molecule has 0 radical (unpaired) electrons. The van der Waals surface area contributed by atoms with Crippen LogP contribution in [-0.2, 0) is 16.0 Å². The Morgan fingerprint density at radius 2 is 1.96 bits per heavy atom. The standard InChI is InChI=1S/C16H15ClFNO3S/c1-10(22-16(21)13-6-7-14(17)23-13)15(20)19-9-8-11-2-4-12(18)5-3-11/h2-7,10H,8-9H2,1H3,(H,19,20)/t10-/m0/s1. The first-order valence-corrected chi connectivity index (χ1v) is 8.13. The maximum absolute atomic E-state index is 12.8. The highest BCUT2D eigenvalue weighted by Crippen LogP contribution is 2.22. The van der Waals surface area contributed by atoms with E-state index in [9.17, 15) is 14.0 Å². The molecule has 7 heteroatoms. The first-order valence-electron chi connectivity index (χ1n) is 6.94. The Kier molecular flexibility index (Phi) is 6.12. The van der Waals surface area contributed by atoms with Gasteiger partial charge in [-0.25, -0.2) is 9.18 Å². The van der Waals surface area contributed by atoms with Gasteiger partial charge in [0.2, 0.25) is 0 Å². The quantitative estimate of drug-likeness (QED) is 0.807. The number of esters is 1. The molecule has 1 N–H and O–H groups in total. The second-order valence-electron chi connectivity index (χ2n) is 4.82. The average Bonchev–Trinajstić information content (AvgIpc) is 2.95. The summed E-state index contributed by atoms with van der Waals surface area (Å²) < 4.78 is 18.3. The third-order valence-electron chi connectivity index (χ3n) is 3.05. The summed E-state index contributed by atoms with van der Waals surface area (Å²) in [5.74, 6) is -1.27. The van der Waals surface area contributed by atoms with E-state index >= 15 is 0 Å². The number of carbonyl (C=O) groups is 2. The molecule has 1 aromatic carbocycles. The summed E-state index contributed by atoms with van der Waals surface area (Å²) >= 11 is 6.84. The lowest BCUT2D eigenvalue weighted by Gasteiger charge is -2.13. The minimum absolute atomic E-state index is 0.299. The Bertz CT molecular complexity index is 687. The maximum Gasteiger partial charge on any atom is 0.349 e. The molecule has 23 heavy (non-hydrogen) atoms. The number of halogens is 2. The highest BCUT2D eigenvalue weighted by atomic mass is 35.5. The van der Waals surface area contributed by atoms with Crippen molar-refractivity contribution in [3.8, 4) is 0 Å². The number of rotatable bonds is 6. The Balaban J connectivity index is 1.76. The Labute approximate surface area is 142 Å². The largest absolute Gasteiger partial charge is 0.448 e. The van der Waals surface area contributed by atoms with E-state index in [2.05, 4.69) is 5.32 Å². The molecule has 0 aliphatic carbocycles. The van der Waals surface area contributed by atoms with E-state index < -0.39 is 12.1 Å². The van der Waals surface area contributed by atoms with E-state index in [4.69, 9.17) is 16.3 Å². The molecule has 0 fully saturated rings. The van der Waals surface area contributed by atoms with E-state index in [0.717, 1.165) is 16.9 Å². The van der Waals surface area contributed by atoms with E-state index in [1.807, 2.05) is 0 Å². The summed E-state index contributed by atoms with van der Waals surface area (Å²) in [5.41, 5.74) is 0.907. The number of amides is 1. The summed E-state index contributed by atoms with van der Waals surface area (Å²) in [7, 11) is 0. The van der Waals surface area contributed by atoms with E-state index in [1.54, 1.807) is 24.3 Å². The molecule has 0 aliphatic rings. The van der Waals surface area contributed by atoms with Crippen LogP contribution in [0, 0.1) is 5.82 Å². The molecule has 1 amide bonds. The normalized spacial score (nSPS) is 11.8. The van der Waals surface area contributed by atoms with Crippen LogP contribution in [0.4, 0.5) is 4.39 Å². The topological polar surface area (TPSA) is 55.4 Å². The van der Waals surface area contributed by atoms with Gasteiger partial charge in [-0.15, -0.1) is 11.3 Å². The third kappa shape index (κ3) is 5.33. The van der Waals surface area contributed by atoms with Crippen LogP contribution < -0.4 is 5.32 Å². The fourth-order valence-electron chi connectivity index (χ4n) is 1.82. The molecule has 0 saturated carbocycles. The summed E-state index contributed by atoms with van der Waals surface area (Å²) in [5, 5.41) is 2.67. The van der Waals surface area contributed by atoms with Gasteiger partial charge >= 0.3 is 5.97 Å². The van der Waals surface area contributed by atoms with Crippen LogP contribution in [-0.4, -0.2) is 24.5 Å². The molecule has 0 aliphatic heterocycles. The van der Waals surface area contributed by atoms with Crippen LogP contribution >= 0.6 is 22.9 Å². The molecule has 1 aromatic heterocycles. The minimum atomic E-state index is -0.906. The number of hydrogen-bond acceptors (Lipinski definition) is 4. The van der Waals surface area contributed by atoms with Gasteiger partial charge < -0.3 is 10.1 Å². The number of benzene rings is 1. The van der Waals surface area contributed by atoms with Crippen molar-refractivity contribution >= 4 is 34.8 Å². The first-order chi connectivity index (χ1) is 11.0. The SMILES string of the molecule is C[C@H](OC(=O)c1ccc(Cl)s1)C(=O)NCCc1ccc(F)cc1. The predicted octanol–water partition coefficient (Wildman–Crippen LogP) is 3.44. The van der Waals surface area contributed by atoms with Crippen molar-refractivity contribution in [1.29, 1.82) is 0 Å². The lowest BCUT2D eigenvalue weighted by Crippen LogP contribution is -2.36. The number of hydrogen-bond donors (Lipinski definition) is 1. The van der Waals surface area contributed by atoms with Gasteiger partial charge in [0, 0.05) is 6.54 Å². The molecule has 1 atom stereocenters. The smallest absolute Gasteiger partial charge is 0.349 e. The molecule has 0 unspecified atom stereocenters. The van der Waals surface area contributed by atoms with Crippen LogP contribution in [0.3, 0.4) is 0 Å². The zero-order valence-electron chi connectivity index (χ0n) is 12.3. The maximum atomic E-state index is 12.8. The lowest BCUT2D eigenvalue weighted by molar-refractivity contribution is -0.129. The summed E-state index contributed by atoms with van der Waals surface area (Å²) in [4.78, 5) is 24.1. The fraction of sp³-hybridized carbons (Fsp3) is 0.250. The van der Waals surface area contributed by atoms with Crippen LogP contribution in [0.5, 0.6) is 0 Å². The van der Waals surface area contributed by atoms with Crippen LogP contribution in [0.1, 0.15) is 22.2 Å². The van der Waals surface area contributed by atoms with Gasteiger partial charge in [0.05, 0.1) is 4.34 Å². The van der Waals surface area contributed by atoms with Crippen molar-refractivity contribution in [2.45, 2.75) is 19.4 Å². The molecular weight excluding hydrogens is 341 g/mol. The highest BCUT2D eigenvalue weighted by molar-refractivity contribution is 7.17. The molecule has 0 spiro atoms. The summed E-state index contributed by atoms with van der Waals surface area (Å²) in [6, 6.07) is 9.20. The van der Waals surface area contributed by atoms with Crippen LogP contribution in [0.15, 0.2) is 36.4 Å². The molecule has 2 aromatic rings. The van der Waals surface area contributed by atoms with Gasteiger partial charge in [-0.3, -0.25) is 4.79 Å². The molecular formula is C16H15ClFNO3S. The lowest BCUT2D eigenvalue weighted by atomic mass is 10.1. The predicted molar refractivity (Wildman–Crippen MR) is 87.3 cm³/mol. The Morgan fingerprint density at radius 3 is 2.57 bits per heavy atom. The average molecular weight is 356 g/mol. The zero-order chi connectivity index (χ0) is 16.8. The molecule has 0 saturated heterocycles. The highest BCUT2D eigenvalue weighted by Gasteiger charge is 2.19. The molecule has 4 nitrogen and oxygen atoms in total. The van der Waals surface area contributed by atoms with Crippen LogP contribution in [0.25, 0.3) is 0 Å². The minimum Gasteiger partial charge on any atom is -0.448 e. The van der Waals surface area contributed by atoms with Gasteiger partial charge in [-0.1, -0.05) is 23.7 Å². The van der Waals surface area contributed by atoms with Crippen molar-refractivity contribution in [3.63, 3.8) is 0 Å². The second-order valence-corrected chi connectivity index (χ2v) is 6.53. The molecule has 1 heterocycles. The van der Waals surface area contributed by atoms with Gasteiger partial charge in [-0.05, 0) is 43.2 Å². The van der Waals surface area contributed by atoms with Crippen molar-refractivity contribution in [1.82, 2.24) is 5.32 Å². The second kappa shape index (κ2) is 8.08. The Hall–Kier alpha value is -1.92. The first kappa shape index (κ1) is 17.4. The molecule has 2 rings (SSSR count).